The van der Waals surface area contributed by atoms with Crippen molar-refractivity contribution < 1.29 is 0 Å². The topological polar surface area (TPSA) is 91.4 Å². The first-order chi connectivity index (χ1) is 12.2. The van der Waals surface area contributed by atoms with Crippen molar-refractivity contribution in [3.05, 3.63) is 53.5 Å². The number of aryl methyl sites for hydroxylation is 1. The minimum Gasteiger partial charge on any atom is -0.348 e. The second-order valence-electron chi connectivity index (χ2n) is 6.52. The van der Waals surface area contributed by atoms with Crippen LogP contribution in [0.2, 0.25) is 0 Å². The molecule has 1 unspecified atom stereocenters. The number of rotatable bonds is 6. The number of hydrogen-bond donors (Lipinski definition) is 3. The molecule has 1 aliphatic carbocycles. The largest absolute Gasteiger partial charge is 0.348 e. The Bertz CT molecular complexity index is 852. The predicted molar refractivity (Wildman–Crippen MR) is 96.9 cm³/mol. The van der Waals surface area contributed by atoms with E-state index < -0.39 is 0 Å². The molecule has 25 heavy (non-hydrogen) atoms. The van der Waals surface area contributed by atoms with Gasteiger partial charge in [0, 0.05) is 17.7 Å². The van der Waals surface area contributed by atoms with Crippen molar-refractivity contribution in [2.75, 3.05) is 10.6 Å². The van der Waals surface area contributed by atoms with Gasteiger partial charge in [-0.3, -0.25) is 5.10 Å². The molecule has 0 aliphatic heterocycles. The van der Waals surface area contributed by atoms with Gasteiger partial charge in [0.2, 0.25) is 11.9 Å². The maximum atomic E-state index is 4.42. The highest BCUT2D eigenvalue weighted by molar-refractivity contribution is 5.49. The number of hydrogen-bond acceptors (Lipinski definition) is 6. The fourth-order valence-electron chi connectivity index (χ4n) is 2.68. The summed E-state index contributed by atoms with van der Waals surface area (Å²) in [4.78, 5) is 12.8. The van der Waals surface area contributed by atoms with Gasteiger partial charge < -0.3 is 10.6 Å². The van der Waals surface area contributed by atoms with Crippen molar-refractivity contribution in [1.82, 2.24) is 25.1 Å². The minimum absolute atomic E-state index is 0.0997. The van der Waals surface area contributed by atoms with E-state index in [0.717, 1.165) is 5.82 Å². The molecule has 1 aromatic carbocycles. The number of benzene rings is 1. The van der Waals surface area contributed by atoms with Crippen molar-refractivity contribution in [1.29, 1.82) is 0 Å². The van der Waals surface area contributed by atoms with Gasteiger partial charge in [-0.1, -0.05) is 29.8 Å². The number of H-pyrrole nitrogens is 1. The lowest BCUT2D eigenvalue weighted by Gasteiger charge is -2.14. The molecule has 7 nitrogen and oxygen atoms in total. The Labute approximate surface area is 146 Å². The number of nitrogens with zero attached hydrogens (tertiary/aromatic N) is 4. The Morgan fingerprint density at radius 2 is 1.88 bits per heavy atom. The van der Waals surface area contributed by atoms with Crippen LogP contribution in [0.15, 0.2) is 36.7 Å². The van der Waals surface area contributed by atoms with Crippen LogP contribution in [-0.2, 0) is 0 Å². The monoisotopic (exact) mass is 335 g/mol. The van der Waals surface area contributed by atoms with Crippen LogP contribution in [-0.4, -0.2) is 25.1 Å². The number of aromatic amines is 1. The van der Waals surface area contributed by atoms with Crippen LogP contribution >= 0.6 is 0 Å². The van der Waals surface area contributed by atoms with E-state index in [0.29, 0.717) is 17.8 Å². The third kappa shape index (κ3) is 3.76. The van der Waals surface area contributed by atoms with Gasteiger partial charge in [0.15, 0.2) is 5.82 Å². The van der Waals surface area contributed by atoms with E-state index in [1.54, 1.807) is 0 Å². The van der Waals surface area contributed by atoms with Crippen molar-refractivity contribution in [3.8, 4) is 0 Å². The van der Waals surface area contributed by atoms with Gasteiger partial charge in [0.1, 0.15) is 6.33 Å². The van der Waals surface area contributed by atoms with Gasteiger partial charge in [-0.25, -0.2) is 9.97 Å². The summed E-state index contributed by atoms with van der Waals surface area (Å²) >= 11 is 0. The summed E-state index contributed by atoms with van der Waals surface area (Å²) in [5.74, 6) is 2.37. The molecule has 3 N–H and O–H groups in total. The van der Waals surface area contributed by atoms with Crippen LogP contribution in [0.3, 0.4) is 0 Å². The van der Waals surface area contributed by atoms with Gasteiger partial charge in [0.25, 0.3) is 0 Å². The predicted octanol–water partition coefficient (Wildman–Crippen LogP) is 3.70. The average molecular weight is 335 g/mol. The molecule has 1 fully saturated rings. The second-order valence-corrected chi connectivity index (χ2v) is 6.52. The third-order valence-corrected chi connectivity index (χ3v) is 4.35. The van der Waals surface area contributed by atoms with E-state index >= 15 is 0 Å². The molecule has 1 aliphatic rings. The van der Waals surface area contributed by atoms with Crippen LogP contribution in [0.4, 0.5) is 17.7 Å². The SMILES string of the molecule is Cc1ccc(C(C)Nc2ncnc(Nc3cc(C4CC4)[nH]n3)n2)cc1. The highest BCUT2D eigenvalue weighted by Gasteiger charge is 2.25. The maximum absolute atomic E-state index is 4.42. The van der Waals surface area contributed by atoms with E-state index in [2.05, 4.69) is 73.9 Å². The van der Waals surface area contributed by atoms with Crippen LogP contribution < -0.4 is 10.6 Å². The molecule has 2 aromatic heterocycles. The third-order valence-electron chi connectivity index (χ3n) is 4.35. The highest BCUT2D eigenvalue weighted by atomic mass is 15.3. The normalized spacial score (nSPS) is 15.0. The first kappa shape index (κ1) is 15.6. The van der Waals surface area contributed by atoms with E-state index in [-0.39, 0.29) is 6.04 Å². The molecule has 2 heterocycles. The van der Waals surface area contributed by atoms with Gasteiger partial charge in [-0.15, -0.1) is 0 Å². The Morgan fingerprint density at radius 1 is 1.12 bits per heavy atom. The molecule has 4 rings (SSSR count). The molecule has 1 saturated carbocycles. The van der Waals surface area contributed by atoms with Gasteiger partial charge in [-0.2, -0.15) is 10.1 Å². The smallest absolute Gasteiger partial charge is 0.233 e. The van der Waals surface area contributed by atoms with E-state index in [1.165, 1.54) is 36.0 Å². The van der Waals surface area contributed by atoms with Crippen molar-refractivity contribution in [2.45, 2.75) is 38.6 Å². The molecule has 7 heteroatoms. The van der Waals surface area contributed by atoms with Gasteiger partial charge in [-0.05, 0) is 32.3 Å². The van der Waals surface area contributed by atoms with Crippen LogP contribution in [0.5, 0.6) is 0 Å². The summed E-state index contributed by atoms with van der Waals surface area (Å²) in [7, 11) is 0. The van der Waals surface area contributed by atoms with E-state index in [9.17, 15) is 0 Å². The lowest BCUT2D eigenvalue weighted by Crippen LogP contribution is -2.10. The molecule has 0 saturated heterocycles. The summed E-state index contributed by atoms with van der Waals surface area (Å²) in [6.45, 7) is 4.16. The lowest BCUT2D eigenvalue weighted by molar-refractivity contribution is 0.854. The zero-order chi connectivity index (χ0) is 17.2. The maximum Gasteiger partial charge on any atom is 0.233 e. The second kappa shape index (κ2) is 6.51. The van der Waals surface area contributed by atoms with Gasteiger partial charge >= 0.3 is 0 Å². The van der Waals surface area contributed by atoms with Crippen molar-refractivity contribution in [2.24, 2.45) is 0 Å². The zero-order valence-electron chi connectivity index (χ0n) is 14.3. The number of aromatic nitrogens is 5. The Hall–Kier alpha value is -2.96. The average Bonchev–Trinajstić information content (AvgIpc) is 3.36. The summed E-state index contributed by atoms with van der Waals surface area (Å²) < 4.78 is 0. The molecular formula is C18H21N7. The van der Waals surface area contributed by atoms with Crippen LogP contribution in [0.25, 0.3) is 0 Å². The van der Waals surface area contributed by atoms with Crippen molar-refractivity contribution >= 4 is 17.7 Å². The molecule has 0 amide bonds. The zero-order valence-corrected chi connectivity index (χ0v) is 14.3. The summed E-state index contributed by atoms with van der Waals surface area (Å²) in [5.41, 5.74) is 3.59. The van der Waals surface area contributed by atoms with Crippen LogP contribution in [0, 0.1) is 6.92 Å². The summed E-state index contributed by atoms with van der Waals surface area (Å²) in [6, 6.07) is 10.5. The van der Waals surface area contributed by atoms with Gasteiger partial charge in [0.05, 0.1) is 6.04 Å². The summed E-state index contributed by atoms with van der Waals surface area (Å²) in [6.07, 6.45) is 3.96. The molecule has 3 aromatic rings. The first-order valence-electron chi connectivity index (χ1n) is 8.52. The lowest BCUT2D eigenvalue weighted by atomic mass is 10.1. The fourth-order valence-corrected chi connectivity index (χ4v) is 2.68. The van der Waals surface area contributed by atoms with E-state index in [4.69, 9.17) is 0 Å². The first-order valence-corrected chi connectivity index (χ1v) is 8.52. The quantitative estimate of drug-likeness (QED) is 0.636. The number of nitrogens with one attached hydrogen (secondary N) is 3. The standard InChI is InChI=1S/C18H21N7/c1-11-3-5-13(6-4-11)12(2)21-17-19-10-20-18(23-17)22-16-9-15(24-25-16)14-7-8-14/h3-6,9-10,12,14H,7-8H2,1-2H3,(H3,19,20,21,22,23,24,25). The van der Waals surface area contributed by atoms with Crippen molar-refractivity contribution in [3.63, 3.8) is 0 Å². The Kier molecular flexibility index (Phi) is 4.05. The molecule has 1 atom stereocenters. The minimum atomic E-state index is 0.0997. The highest BCUT2D eigenvalue weighted by Crippen LogP contribution is 2.39. The Morgan fingerprint density at radius 3 is 2.64 bits per heavy atom. The number of anilines is 3. The molecular weight excluding hydrogens is 314 g/mol. The molecule has 128 valence electrons. The van der Waals surface area contributed by atoms with E-state index in [1.807, 2.05) is 6.07 Å². The summed E-state index contributed by atoms with van der Waals surface area (Å²) in [5, 5.41) is 13.8. The molecule has 0 bridgehead atoms. The molecule has 0 radical (unpaired) electrons. The Balaban J connectivity index is 1.44. The van der Waals surface area contributed by atoms with Crippen LogP contribution in [0.1, 0.15) is 48.5 Å². The molecule has 0 spiro atoms. The fraction of sp³-hybridized carbons (Fsp3) is 0.333.